The Bertz CT molecular complexity index is 504. The fraction of sp³-hybridized carbons (Fsp3) is 0.385. The van der Waals surface area contributed by atoms with Crippen molar-refractivity contribution in [1.82, 2.24) is 0 Å². The number of halogens is 1. The Balaban J connectivity index is 2.21. The van der Waals surface area contributed by atoms with E-state index in [-0.39, 0.29) is 16.3 Å². The van der Waals surface area contributed by atoms with Crippen LogP contribution in [0.4, 0.5) is 5.69 Å². The second-order valence-electron chi connectivity index (χ2n) is 4.37. The summed E-state index contributed by atoms with van der Waals surface area (Å²) in [4.78, 5) is 24.8. The fourth-order valence-electron chi connectivity index (χ4n) is 2.09. The molecule has 0 N–H and O–H groups in total. The Morgan fingerprint density at radius 1 is 1.50 bits per heavy atom. The predicted molar refractivity (Wildman–Crippen MR) is 75.2 cm³/mol. The summed E-state index contributed by atoms with van der Waals surface area (Å²) in [5.74, 6) is 0.0547. The first-order valence-corrected chi connectivity index (χ1v) is 6.97. The number of nitrogens with zero attached hydrogens (tertiary/aromatic N) is 1. The van der Waals surface area contributed by atoms with Gasteiger partial charge in [-0.05, 0) is 24.6 Å². The van der Waals surface area contributed by atoms with Crippen LogP contribution >= 0.6 is 23.4 Å². The van der Waals surface area contributed by atoms with E-state index in [2.05, 4.69) is 0 Å². The molecule has 1 saturated heterocycles. The number of thioether (sulfide) groups is 1. The maximum absolute atomic E-state index is 12.0. The van der Waals surface area contributed by atoms with Crippen LogP contribution in [0, 0.1) is 6.92 Å². The summed E-state index contributed by atoms with van der Waals surface area (Å²) < 4.78 is 0. The van der Waals surface area contributed by atoms with Crippen LogP contribution in [-0.4, -0.2) is 22.8 Å². The number of benzene rings is 1. The van der Waals surface area contributed by atoms with Gasteiger partial charge in [0.05, 0.1) is 0 Å². The molecular formula is C13H14ClNO2S. The summed E-state index contributed by atoms with van der Waals surface area (Å²) in [5.41, 5.74) is 1.86. The Hall–Kier alpha value is -1.00. The van der Waals surface area contributed by atoms with E-state index in [4.69, 9.17) is 11.6 Å². The molecule has 1 atom stereocenters. The van der Waals surface area contributed by atoms with Crippen LogP contribution in [0.1, 0.15) is 18.9 Å². The van der Waals surface area contributed by atoms with Gasteiger partial charge in [0, 0.05) is 35.8 Å². The van der Waals surface area contributed by atoms with Crippen molar-refractivity contribution in [1.29, 1.82) is 0 Å². The van der Waals surface area contributed by atoms with Gasteiger partial charge in [0.25, 0.3) is 0 Å². The molecule has 1 amide bonds. The molecule has 0 aliphatic carbocycles. The molecule has 1 fully saturated rings. The van der Waals surface area contributed by atoms with Crippen molar-refractivity contribution in [2.75, 3.05) is 11.4 Å². The third-order valence-corrected chi connectivity index (χ3v) is 4.10. The standard InChI is InChI=1S/C13H14ClNO2S/c1-8-3-4-10(14)5-12(8)15-7-11(6-13(15)17)18-9(2)16/h3-5,11H,6-7H2,1-2H3. The zero-order valence-electron chi connectivity index (χ0n) is 10.3. The highest BCUT2D eigenvalue weighted by Crippen LogP contribution is 2.32. The second-order valence-corrected chi connectivity index (χ2v) is 6.28. The molecule has 1 unspecified atom stereocenters. The smallest absolute Gasteiger partial charge is 0.228 e. The lowest BCUT2D eigenvalue weighted by Gasteiger charge is -2.19. The highest BCUT2D eigenvalue weighted by molar-refractivity contribution is 8.14. The summed E-state index contributed by atoms with van der Waals surface area (Å²) in [6.07, 6.45) is 0.413. The van der Waals surface area contributed by atoms with Crippen molar-refractivity contribution in [2.45, 2.75) is 25.5 Å². The van der Waals surface area contributed by atoms with Crippen molar-refractivity contribution in [3.63, 3.8) is 0 Å². The number of aryl methyl sites for hydroxylation is 1. The van der Waals surface area contributed by atoms with Crippen LogP contribution in [-0.2, 0) is 9.59 Å². The van der Waals surface area contributed by atoms with Crippen molar-refractivity contribution in [3.8, 4) is 0 Å². The van der Waals surface area contributed by atoms with Gasteiger partial charge >= 0.3 is 0 Å². The van der Waals surface area contributed by atoms with Crippen LogP contribution < -0.4 is 4.90 Å². The van der Waals surface area contributed by atoms with Crippen LogP contribution in [0.15, 0.2) is 18.2 Å². The summed E-state index contributed by atoms with van der Waals surface area (Å²) in [5, 5.41) is 0.719. The first kappa shape index (κ1) is 13.4. The van der Waals surface area contributed by atoms with E-state index in [1.807, 2.05) is 19.1 Å². The van der Waals surface area contributed by atoms with E-state index >= 15 is 0 Å². The molecule has 1 aromatic rings. The van der Waals surface area contributed by atoms with Crippen molar-refractivity contribution in [3.05, 3.63) is 28.8 Å². The summed E-state index contributed by atoms with van der Waals surface area (Å²) >= 11 is 7.21. The molecule has 0 spiro atoms. The minimum Gasteiger partial charge on any atom is -0.311 e. The van der Waals surface area contributed by atoms with Crippen LogP contribution in [0.25, 0.3) is 0 Å². The van der Waals surface area contributed by atoms with Crippen molar-refractivity contribution < 1.29 is 9.59 Å². The number of hydrogen-bond acceptors (Lipinski definition) is 3. The Kier molecular flexibility index (Phi) is 3.97. The average molecular weight is 284 g/mol. The molecule has 1 aromatic carbocycles. The maximum atomic E-state index is 12.0. The molecule has 5 heteroatoms. The lowest BCUT2D eigenvalue weighted by atomic mass is 10.2. The Labute approximate surface area is 115 Å². The zero-order chi connectivity index (χ0) is 13.3. The van der Waals surface area contributed by atoms with Gasteiger partial charge in [-0.2, -0.15) is 0 Å². The predicted octanol–water partition coefficient (Wildman–Crippen LogP) is 3.03. The zero-order valence-corrected chi connectivity index (χ0v) is 11.8. The number of anilines is 1. The second kappa shape index (κ2) is 5.33. The quantitative estimate of drug-likeness (QED) is 0.837. The molecule has 1 heterocycles. The first-order chi connectivity index (χ1) is 8.47. The molecule has 0 bridgehead atoms. The Morgan fingerprint density at radius 3 is 2.89 bits per heavy atom. The molecule has 0 radical (unpaired) electrons. The molecule has 18 heavy (non-hydrogen) atoms. The minimum atomic E-state index is 0.0494. The van der Waals surface area contributed by atoms with Crippen molar-refractivity contribution >= 4 is 40.1 Å². The molecule has 3 nitrogen and oxygen atoms in total. The van der Waals surface area contributed by atoms with Gasteiger partial charge in [-0.25, -0.2) is 0 Å². The first-order valence-electron chi connectivity index (χ1n) is 5.71. The van der Waals surface area contributed by atoms with Crippen LogP contribution in [0.5, 0.6) is 0 Å². The summed E-state index contributed by atoms with van der Waals surface area (Å²) in [7, 11) is 0. The molecule has 2 rings (SSSR count). The van der Waals surface area contributed by atoms with Crippen LogP contribution in [0.3, 0.4) is 0 Å². The highest BCUT2D eigenvalue weighted by Gasteiger charge is 2.32. The molecular weight excluding hydrogens is 270 g/mol. The third kappa shape index (κ3) is 2.87. The van der Waals surface area contributed by atoms with Gasteiger partial charge < -0.3 is 4.90 Å². The topological polar surface area (TPSA) is 37.4 Å². The normalized spacial score (nSPS) is 19.4. The van der Waals surface area contributed by atoms with E-state index < -0.39 is 0 Å². The highest BCUT2D eigenvalue weighted by atomic mass is 35.5. The van der Waals surface area contributed by atoms with Gasteiger partial charge in [0.1, 0.15) is 0 Å². The number of hydrogen-bond donors (Lipinski definition) is 0. The average Bonchev–Trinajstić information content (AvgIpc) is 2.62. The lowest BCUT2D eigenvalue weighted by Crippen LogP contribution is -2.25. The van der Waals surface area contributed by atoms with Gasteiger partial charge in [0.15, 0.2) is 5.12 Å². The SMILES string of the molecule is CC(=O)SC1CC(=O)N(c2cc(Cl)ccc2C)C1. The molecule has 1 aliphatic rings. The number of carbonyl (C=O) groups is 2. The fourth-order valence-corrected chi connectivity index (χ4v) is 3.18. The van der Waals surface area contributed by atoms with Gasteiger partial charge in [-0.3, -0.25) is 9.59 Å². The summed E-state index contributed by atoms with van der Waals surface area (Å²) in [6, 6.07) is 5.51. The molecule has 1 aliphatic heterocycles. The van der Waals surface area contributed by atoms with E-state index in [1.54, 1.807) is 11.0 Å². The number of carbonyl (C=O) groups excluding carboxylic acids is 2. The monoisotopic (exact) mass is 283 g/mol. The molecule has 0 saturated carbocycles. The summed E-state index contributed by atoms with van der Waals surface area (Å²) in [6.45, 7) is 4.05. The lowest BCUT2D eigenvalue weighted by molar-refractivity contribution is -0.117. The van der Waals surface area contributed by atoms with Gasteiger partial charge in [-0.1, -0.05) is 29.4 Å². The number of rotatable bonds is 2. The van der Waals surface area contributed by atoms with Crippen molar-refractivity contribution in [2.24, 2.45) is 0 Å². The largest absolute Gasteiger partial charge is 0.311 e. The maximum Gasteiger partial charge on any atom is 0.228 e. The Morgan fingerprint density at radius 2 is 2.22 bits per heavy atom. The third-order valence-electron chi connectivity index (χ3n) is 2.88. The van der Waals surface area contributed by atoms with E-state index in [0.717, 1.165) is 11.3 Å². The minimum absolute atomic E-state index is 0.0494. The van der Waals surface area contributed by atoms with E-state index in [1.165, 1.54) is 18.7 Å². The van der Waals surface area contributed by atoms with Crippen LogP contribution in [0.2, 0.25) is 5.02 Å². The van der Waals surface area contributed by atoms with E-state index in [9.17, 15) is 9.59 Å². The van der Waals surface area contributed by atoms with Gasteiger partial charge in [-0.15, -0.1) is 0 Å². The number of amides is 1. The van der Waals surface area contributed by atoms with Gasteiger partial charge in [0.2, 0.25) is 5.91 Å². The molecule has 96 valence electrons. The molecule has 0 aromatic heterocycles. The van der Waals surface area contributed by atoms with E-state index in [0.29, 0.717) is 18.0 Å².